The van der Waals surface area contributed by atoms with E-state index in [2.05, 4.69) is 22.4 Å². The molecule has 0 radical (unpaired) electrons. The molecule has 0 aliphatic rings. The molecule has 0 aliphatic heterocycles. The molecule has 0 atom stereocenters. The largest absolute Gasteiger partial charge is 0.497 e. The molecule has 0 bridgehead atoms. The molecule has 0 heterocycles. The summed E-state index contributed by atoms with van der Waals surface area (Å²) < 4.78 is 4.91. The highest BCUT2D eigenvalue weighted by molar-refractivity contribution is 7.78. The lowest BCUT2D eigenvalue weighted by Gasteiger charge is -1.93. The third kappa shape index (κ3) is 7.19. The van der Waals surface area contributed by atoms with Crippen LogP contribution in [0, 0.1) is 0 Å². The number of rotatable bonds is 2. The van der Waals surface area contributed by atoms with Gasteiger partial charge in [-0.2, -0.15) is 0 Å². The molecular formula is C10H13NOS. The molecule has 1 aromatic rings. The molecule has 2 nitrogen and oxygen atoms in total. The minimum absolute atomic E-state index is 0.753. The molecule has 0 aromatic heterocycles. The Morgan fingerprint density at radius 3 is 2.23 bits per heavy atom. The van der Waals surface area contributed by atoms with Crippen LogP contribution in [0.5, 0.6) is 5.75 Å². The first-order chi connectivity index (χ1) is 6.35. The molecule has 70 valence electrons. The SMILES string of the molecule is CCN=C=S.COc1ccccc1. The van der Waals surface area contributed by atoms with Gasteiger partial charge in [0.1, 0.15) is 5.75 Å². The number of para-hydroxylation sites is 1. The summed E-state index contributed by atoms with van der Waals surface area (Å²) in [5, 5.41) is 2.23. The molecule has 0 aliphatic carbocycles. The zero-order valence-electron chi connectivity index (χ0n) is 7.86. The molecule has 0 N–H and O–H groups in total. The van der Waals surface area contributed by atoms with Crippen LogP contribution in [0.1, 0.15) is 6.92 Å². The molecule has 0 unspecified atom stereocenters. The zero-order valence-corrected chi connectivity index (χ0v) is 8.67. The van der Waals surface area contributed by atoms with Gasteiger partial charge in [0, 0.05) is 6.54 Å². The maximum absolute atomic E-state index is 4.91. The lowest BCUT2D eigenvalue weighted by Crippen LogP contribution is -1.78. The molecule has 0 saturated heterocycles. The van der Waals surface area contributed by atoms with E-state index in [0.717, 1.165) is 12.3 Å². The summed E-state index contributed by atoms with van der Waals surface area (Å²) in [7, 11) is 1.66. The van der Waals surface area contributed by atoms with Crippen LogP contribution in [0.3, 0.4) is 0 Å². The van der Waals surface area contributed by atoms with E-state index in [0.29, 0.717) is 0 Å². The van der Waals surface area contributed by atoms with E-state index in [1.54, 1.807) is 7.11 Å². The second kappa shape index (κ2) is 8.91. The van der Waals surface area contributed by atoms with E-state index < -0.39 is 0 Å². The van der Waals surface area contributed by atoms with Crippen molar-refractivity contribution in [2.75, 3.05) is 13.7 Å². The lowest BCUT2D eigenvalue weighted by atomic mass is 10.3. The Morgan fingerprint density at radius 1 is 1.38 bits per heavy atom. The average molecular weight is 195 g/mol. The standard InChI is InChI=1S/C7H8O.C3H5NS/c1-8-7-5-3-2-4-6-7;1-2-4-3-5/h2-6H,1H3;2H2,1H3. The Balaban J connectivity index is 0.000000252. The Hall–Kier alpha value is -1.18. The Morgan fingerprint density at radius 2 is 2.00 bits per heavy atom. The number of aliphatic imine (C=N–C) groups is 1. The van der Waals surface area contributed by atoms with Crippen molar-refractivity contribution in [3.63, 3.8) is 0 Å². The highest BCUT2D eigenvalue weighted by Crippen LogP contribution is 2.05. The normalized spacial score (nSPS) is 7.54. The highest BCUT2D eigenvalue weighted by atomic mass is 32.1. The smallest absolute Gasteiger partial charge is 0.118 e. The summed E-state index contributed by atoms with van der Waals surface area (Å²) in [5.41, 5.74) is 0. The second-order valence-electron chi connectivity index (χ2n) is 2.08. The third-order valence-corrected chi connectivity index (χ3v) is 1.33. The van der Waals surface area contributed by atoms with Gasteiger partial charge in [0.05, 0.1) is 12.3 Å². The number of hydrogen-bond acceptors (Lipinski definition) is 3. The summed E-state index contributed by atoms with van der Waals surface area (Å²) in [6.07, 6.45) is 0. The number of isothiocyanates is 1. The first-order valence-electron chi connectivity index (χ1n) is 3.97. The fraction of sp³-hybridized carbons (Fsp3) is 0.300. The highest BCUT2D eigenvalue weighted by Gasteiger charge is 1.80. The molecule has 3 heteroatoms. The molecule has 1 aromatic carbocycles. The monoisotopic (exact) mass is 195 g/mol. The van der Waals surface area contributed by atoms with E-state index in [1.807, 2.05) is 37.3 Å². The minimum Gasteiger partial charge on any atom is -0.497 e. The van der Waals surface area contributed by atoms with Gasteiger partial charge >= 0.3 is 0 Å². The molecule has 13 heavy (non-hydrogen) atoms. The first kappa shape index (κ1) is 11.8. The number of thiocarbonyl (C=S) groups is 1. The molecule has 0 fully saturated rings. The average Bonchev–Trinajstić information content (AvgIpc) is 2.21. The van der Waals surface area contributed by atoms with Gasteiger partial charge in [-0.1, -0.05) is 18.2 Å². The quantitative estimate of drug-likeness (QED) is 0.534. The van der Waals surface area contributed by atoms with Gasteiger partial charge in [0.2, 0.25) is 0 Å². The van der Waals surface area contributed by atoms with E-state index in [1.165, 1.54) is 0 Å². The summed E-state index contributed by atoms with van der Waals surface area (Å²) in [6.45, 7) is 2.67. The van der Waals surface area contributed by atoms with Crippen LogP contribution >= 0.6 is 12.2 Å². The van der Waals surface area contributed by atoms with Crippen LogP contribution in [0.2, 0.25) is 0 Å². The van der Waals surface area contributed by atoms with Gasteiger partial charge < -0.3 is 4.74 Å². The van der Waals surface area contributed by atoms with E-state index in [-0.39, 0.29) is 0 Å². The Kier molecular flexibility index (Phi) is 8.10. The van der Waals surface area contributed by atoms with E-state index in [9.17, 15) is 0 Å². The minimum atomic E-state index is 0.753. The van der Waals surface area contributed by atoms with Crippen LogP contribution in [-0.2, 0) is 0 Å². The van der Waals surface area contributed by atoms with Gasteiger partial charge in [0.25, 0.3) is 0 Å². The van der Waals surface area contributed by atoms with Crippen molar-refractivity contribution >= 4 is 17.4 Å². The zero-order chi connectivity index (χ0) is 9.94. The van der Waals surface area contributed by atoms with Crippen molar-refractivity contribution < 1.29 is 4.74 Å². The number of ether oxygens (including phenoxy) is 1. The fourth-order valence-corrected chi connectivity index (χ4v) is 0.750. The van der Waals surface area contributed by atoms with Crippen LogP contribution in [-0.4, -0.2) is 18.8 Å². The molecule has 0 saturated carbocycles. The number of nitrogens with zero attached hydrogens (tertiary/aromatic N) is 1. The van der Waals surface area contributed by atoms with Crippen molar-refractivity contribution in [3.05, 3.63) is 30.3 Å². The summed E-state index contributed by atoms with van der Waals surface area (Å²) >= 11 is 4.23. The summed E-state index contributed by atoms with van der Waals surface area (Å²) in [5.74, 6) is 0.910. The van der Waals surface area contributed by atoms with E-state index in [4.69, 9.17) is 4.74 Å². The van der Waals surface area contributed by atoms with Crippen LogP contribution in [0.25, 0.3) is 0 Å². The summed E-state index contributed by atoms with van der Waals surface area (Å²) in [6, 6.07) is 9.68. The lowest BCUT2D eigenvalue weighted by molar-refractivity contribution is 0.415. The van der Waals surface area contributed by atoms with Crippen molar-refractivity contribution in [1.29, 1.82) is 0 Å². The second-order valence-corrected chi connectivity index (χ2v) is 2.27. The van der Waals surface area contributed by atoms with Crippen molar-refractivity contribution in [2.45, 2.75) is 6.92 Å². The predicted octanol–water partition coefficient (Wildman–Crippen LogP) is 2.80. The predicted molar refractivity (Wildman–Crippen MR) is 58.6 cm³/mol. The molecule has 0 amide bonds. The number of methoxy groups -OCH3 is 1. The van der Waals surface area contributed by atoms with Crippen LogP contribution in [0.15, 0.2) is 35.3 Å². The van der Waals surface area contributed by atoms with Crippen molar-refractivity contribution in [3.8, 4) is 5.75 Å². The number of benzene rings is 1. The maximum atomic E-state index is 4.91. The van der Waals surface area contributed by atoms with Crippen molar-refractivity contribution in [1.82, 2.24) is 0 Å². The Bertz CT molecular complexity index is 255. The fourth-order valence-electron chi connectivity index (χ4n) is 0.621. The number of hydrogen-bond donors (Lipinski definition) is 0. The van der Waals surface area contributed by atoms with Crippen molar-refractivity contribution in [2.24, 2.45) is 4.99 Å². The molecular weight excluding hydrogens is 182 g/mol. The van der Waals surface area contributed by atoms with Gasteiger partial charge in [0.15, 0.2) is 0 Å². The van der Waals surface area contributed by atoms with Gasteiger partial charge in [-0.05, 0) is 31.3 Å². The van der Waals surface area contributed by atoms with Gasteiger partial charge in [-0.3, -0.25) is 0 Å². The first-order valence-corrected chi connectivity index (χ1v) is 4.38. The van der Waals surface area contributed by atoms with E-state index >= 15 is 0 Å². The Labute approximate surface area is 84.3 Å². The summed E-state index contributed by atoms with van der Waals surface area (Å²) in [4.78, 5) is 3.54. The van der Waals surface area contributed by atoms with Gasteiger partial charge in [-0.25, -0.2) is 4.99 Å². The topological polar surface area (TPSA) is 21.6 Å². The third-order valence-electron chi connectivity index (χ3n) is 1.20. The van der Waals surface area contributed by atoms with Gasteiger partial charge in [-0.15, -0.1) is 0 Å². The van der Waals surface area contributed by atoms with Crippen LogP contribution in [0.4, 0.5) is 0 Å². The maximum Gasteiger partial charge on any atom is 0.118 e. The molecule has 0 spiro atoms. The van der Waals surface area contributed by atoms with Crippen LogP contribution < -0.4 is 4.74 Å². The molecule has 1 rings (SSSR count).